The number of carbonyl (C=O) groups excluding carboxylic acids is 1. The SMILES string of the molecule is CCOc1ccccc1NC(=O)CSc1nnc2[nH]c(=O)cc(C(C)C)n12. The minimum atomic E-state index is -0.222. The summed E-state index contributed by atoms with van der Waals surface area (Å²) < 4.78 is 7.29. The largest absolute Gasteiger partial charge is 0.492 e. The standard InChI is InChI=1S/C18H21N5O3S/c1-4-26-14-8-6-5-7-12(14)19-16(25)10-27-18-22-21-17-20-15(24)9-13(11(2)3)23(17)18/h5-9,11H,4,10H2,1-3H3,(H,19,25)(H,20,21,24). The van der Waals surface area contributed by atoms with Gasteiger partial charge in [0.25, 0.3) is 5.56 Å². The van der Waals surface area contributed by atoms with Crippen molar-refractivity contribution in [2.24, 2.45) is 0 Å². The number of para-hydroxylation sites is 2. The maximum absolute atomic E-state index is 12.4. The number of benzene rings is 1. The molecule has 0 aliphatic heterocycles. The molecule has 1 amide bonds. The molecule has 0 bridgehead atoms. The monoisotopic (exact) mass is 387 g/mol. The first-order chi connectivity index (χ1) is 13.0. The van der Waals surface area contributed by atoms with Crippen LogP contribution in [0.1, 0.15) is 32.4 Å². The first kappa shape index (κ1) is 19.0. The van der Waals surface area contributed by atoms with Crippen LogP contribution >= 0.6 is 11.8 Å². The number of thioether (sulfide) groups is 1. The van der Waals surface area contributed by atoms with Crippen LogP contribution < -0.4 is 15.6 Å². The number of aromatic nitrogens is 4. The number of amides is 1. The minimum Gasteiger partial charge on any atom is -0.492 e. The zero-order valence-electron chi connectivity index (χ0n) is 15.4. The lowest BCUT2D eigenvalue weighted by atomic mass is 10.1. The highest BCUT2D eigenvalue weighted by atomic mass is 32.2. The van der Waals surface area contributed by atoms with Crippen LogP contribution in [0, 0.1) is 0 Å². The van der Waals surface area contributed by atoms with Crippen LogP contribution in [0.5, 0.6) is 5.75 Å². The Labute approximate surface area is 160 Å². The van der Waals surface area contributed by atoms with Gasteiger partial charge in [0, 0.05) is 11.8 Å². The van der Waals surface area contributed by atoms with Gasteiger partial charge in [-0.15, -0.1) is 10.2 Å². The summed E-state index contributed by atoms with van der Waals surface area (Å²) in [7, 11) is 0. The van der Waals surface area contributed by atoms with Gasteiger partial charge in [0.05, 0.1) is 18.0 Å². The molecule has 0 fully saturated rings. The summed E-state index contributed by atoms with van der Waals surface area (Å²) in [5, 5.41) is 11.5. The molecular weight excluding hydrogens is 366 g/mol. The first-order valence-electron chi connectivity index (χ1n) is 8.62. The first-order valence-corrected chi connectivity index (χ1v) is 9.61. The van der Waals surface area contributed by atoms with Crippen molar-refractivity contribution in [1.29, 1.82) is 0 Å². The summed E-state index contributed by atoms with van der Waals surface area (Å²) in [5.41, 5.74) is 1.20. The summed E-state index contributed by atoms with van der Waals surface area (Å²) in [6.07, 6.45) is 0. The molecule has 2 heterocycles. The second kappa shape index (κ2) is 8.26. The van der Waals surface area contributed by atoms with E-state index in [2.05, 4.69) is 20.5 Å². The van der Waals surface area contributed by atoms with E-state index in [1.54, 1.807) is 10.5 Å². The molecule has 0 radical (unpaired) electrons. The summed E-state index contributed by atoms with van der Waals surface area (Å²) in [4.78, 5) is 26.8. The summed E-state index contributed by atoms with van der Waals surface area (Å²) >= 11 is 1.26. The fraction of sp³-hybridized carbons (Fsp3) is 0.333. The molecule has 2 N–H and O–H groups in total. The lowest BCUT2D eigenvalue weighted by molar-refractivity contribution is -0.113. The molecule has 0 aliphatic carbocycles. The molecule has 1 aromatic carbocycles. The molecule has 2 aromatic heterocycles. The third kappa shape index (κ3) is 4.30. The van der Waals surface area contributed by atoms with Gasteiger partial charge in [0.2, 0.25) is 11.7 Å². The molecule has 3 aromatic rings. The Morgan fingerprint density at radius 1 is 1.33 bits per heavy atom. The Morgan fingerprint density at radius 2 is 2.11 bits per heavy atom. The molecule has 8 nitrogen and oxygen atoms in total. The molecule has 27 heavy (non-hydrogen) atoms. The topological polar surface area (TPSA) is 101 Å². The predicted molar refractivity (Wildman–Crippen MR) is 105 cm³/mol. The molecule has 0 spiro atoms. The van der Waals surface area contributed by atoms with Crippen molar-refractivity contribution in [3.63, 3.8) is 0 Å². The van der Waals surface area contributed by atoms with Crippen molar-refractivity contribution in [2.45, 2.75) is 31.8 Å². The fourth-order valence-corrected chi connectivity index (χ4v) is 3.37. The van der Waals surface area contributed by atoms with Crippen LogP contribution in [0.2, 0.25) is 0 Å². The molecule has 9 heteroatoms. The van der Waals surface area contributed by atoms with Gasteiger partial charge in [-0.1, -0.05) is 37.7 Å². The van der Waals surface area contributed by atoms with Gasteiger partial charge >= 0.3 is 0 Å². The van der Waals surface area contributed by atoms with E-state index >= 15 is 0 Å². The maximum atomic E-state index is 12.4. The highest BCUT2D eigenvalue weighted by Gasteiger charge is 2.16. The minimum absolute atomic E-state index is 0.108. The molecule has 0 atom stereocenters. The number of hydrogen-bond donors (Lipinski definition) is 2. The van der Waals surface area contributed by atoms with Crippen LogP contribution in [0.15, 0.2) is 40.3 Å². The van der Waals surface area contributed by atoms with Crippen molar-refractivity contribution in [1.82, 2.24) is 19.6 Å². The number of H-pyrrole nitrogens is 1. The van der Waals surface area contributed by atoms with Gasteiger partial charge in [-0.3, -0.25) is 19.0 Å². The third-order valence-corrected chi connectivity index (χ3v) is 4.72. The number of anilines is 1. The van der Waals surface area contributed by atoms with Crippen molar-refractivity contribution >= 4 is 29.1 Å². The number of rotatable bonds is 7. The lowest BCUT2D eigenvalue weighted by Gasteiger charge is -2.11. The van der Waals surface area contributed by atoms with Crippen molar-refractivity contribution < 1.29 is 9.53 Å². The van der Waals surface area contributed by atoms with Gasteiger partial charge in [0.15, 0.2) is 5.16 Å². The molecule has 3 rings (SSSR count). The van der Waals surface area contributed by atoms with Gasteiger partial charge in [-0.25, -0.2) is 0 Å². The quantitative estimate of drug-likeness (QED) is 0.605. The van der Waals surface area contributed by atoms with Gasteiger partial charge < -0.3 is 10.1 Å². The van der Waals surface area contributed by atoms with Crippen LogP contribution in [-0.4, -0.2) is 37.8 Å². The van der Waals surface area contributed by atoms with E-state index in [9.17, 15) is 9.59 Å². The van der Waals surface area contributed by atoms with Crippen LogP contribution in [0.4, 0.5) is 5.69 Å². The Balaban J connectivity index is 1.76. The van der Waals surface area contributed by atoms with Gasteiger partial charge in [0.1, 0.15) is 5.75 Å². The van der Waals surface area contributed by atoms with Gasteiger partial charge in [-0.05, 0) is 25.0 Å². The Kier molecular flexibility index (Phi) is 5.80. The number of carbonyl (C=O) groups is 1. The Hall–Kier alpha value is -2.81. The fourth-order valence-electron chi connectivity index (χ4n) is 2.61. The second-order valence-electron chi connectivity index (χ2n) is 6.12. The normalized spacial score (nSPS) is 11.1. The zero-order valence-corrected chi connectivity index (χ0v) is 16.2. The highest BCUT2D eigenvalue weighted by molar-refractivity contribution is 7.99. The van der Waals surface area contributed by atoms with E-state index in [4.69, 9.17) is 4.74 Å². The molecule has 142 valence electrons. The lowest BCUT2D eigenvalue weighted by Crippen LogP contribution is -2.16. The predicted octanol–water partition coefficient (Wildman–Crippen LogP) is 2.67. The summed E-state index contributed by atoms with van der Waals surface area (Å²) in [5.74, 6) is 1.08. The Morgan fingerprint density at radius 3 is 2.85 bits per heavy atom. The molecule has 0 saturated heterocycles. The number of nitrogens with zero attached hydrogens (tertiary/aromatic N) is 3. The van der Waals surface area contributed by atoms with Crippen LogP contribution in [0.3, 0.4) is 0 Å². The van der Waals surface area contributed by atoms with E-state index in [0.717, 1.165) is 5.69 Å². The zero-order chi connectivity index (χ0) is 19.4. The summed E-state index contributed by atoms with van der Waals surface area (Å²) in [6, 6.07) is 8.82. The average molecular weight is 387 g/mol. The highest BCUT2D eigenvalue weighted by Crippen LogP contribution is 2.25. The van der Waals surface area contributed by atoms with E-state index < -0.39 is 0 Å². The molecule has 0 saturated carbocycles. The van der Waals surface area contributed by atoms with Crippen molar-refractivity contribution in [2.75, 3.05) is 17.7 Å². The molecule has 0 aliphatic rings. The Bertz CT molecular complexity index is 1010. The summed E-state index contributed by atoms with van der Waals surface area (Å²) in [6.45, 7) is 6.38. The number of fused-ring (bicyclic) bond motifs is 1. The number of aromatic amines is 1. The van der Waals surface area contributed by atoms with Crippen molar-refractivity contribution in [3.05, 3.63) is 46.4 Å². The maximum Gasteiger partial charge on any atom is 0.252 e. The second-order valence-corrected chi connectivity index (χ2v) is 7.06. The third-order valence-electron chi connectivity index (χ3n) is 3.79. The molecular formula is C18H21N5O3S. The number of ether oxygens (including phenoxy) is 1. The number of hydrogen-bond acceptors (Lipinski definition) is 6. The van der Waals surface area contributed by atoms with E-state index in [0.29, 0.717) is 29.0 Å². The number of nitrogens with one attached hydrogen (secondary N) is 2. The van der Waals surface area contributed by atoms with Gasteiger partial charge in [-0.2, -0.15) is 0 Å². The van der Waals surface area contributed by atoms with E-state index in [-0.39, 0.29) is 23.1 Å². The van der Waals surface area contributed by atoms with E-state index in [1.807, 2.05) is 39.0 Å². The van der Waals surface area contributed by atoms with Crippen LogP contribution in [-0.2, 0) is 4.79 Å². The van der Waals surface area contributed by atoms with E-state index in [1.165, 1.54) is 17.8 Å². The van der Waals surface area contributed by atoms with Crippen LogP contribution in [0.25, 0.3) is 5.78 Å². The smallest absolute Gasteiger partial charge is 0.252 e. The van der Waals surface area contributed by atoms with Crippen molar-refractivity contribution in [3.8, 4) is 5.75 Å². The molecule has 0 unspecified atom stereocenters. The average Bonchev–Trinajstić information content (AvgIpc) is 3.03.